The third-order valence-electron chi connectivity index (χ3n) is 4.25. The first kappa shape index (κ1) is 18.0. The van der Waals surface area contributed by atoms with E-state index in [1.807, 2.05) is 0 Å². The fourth-order valence-electron chi connectivity index (χ4n) is 3.17. The molecule has 1 atom stereocenters. The van der Waals surface area contributed by atoms with Gasteiger partial charge in [-0.1, -0.05) is 22.0 Å². The Hall–Kier alpha value is -0.330. The van der Waals surface area contributed by atoms with Crippen LogP contribution in [0.15, 0.2) is 22.7 Å². The highest BCUT2D eigenvalue weighted by atomic mass is 79.9. The van der Waals surface area contributed by atoms with Crippen LogP contribution >= 0.6 is 28.3 Å². The van der Waals surface area contributed by atoms with Gasteiger partial charge in [-0.3, -0.25) is 4.90 Å². The SMILES string of the molecule is C[C@H]1CN(Cc2ccc(Br)cc2N2CCOCC2)CCN1.Cl. The van der Waals surface area contributed by atoms with Crippen molar-refractivity contribution in [2.75, 3.05) is 50.8 Å². The van der Waals surface area contributed by atoms with Gasteiger partial charge in [-0.25, -0.2) is 0 Å². The minimum atomic E-state index is 0. The molecule has 2 heterocycles. The summed E-state index contributed by atoms with van der Waals surface area (Å²) in [4.78, 5) is 5.00. The normalized spacial score (nSPS) is 23.2. The van der Waals surface area contributed by atoms with Crippen LogP contribution in [0.25, 0.3) is 0 Å². The Kier molecular flexibility index (Phi) is 6.96. The van der Waals surface area contributed by atoms with Crippen LogP contribution in [0.3, 0.4) is 0 Å². The van der Waals surface area contributed by atoms with E-state index >= 15 is 0 Å². The molecule has 0 radical (unpaired) electrons. The molecule has 6 heteroatoms. The van der Waals surface area contributed by atoms with Crippen LogP contribution in [0.4, 0.5) is 5.69 Å². The van der Waals surface area contributed by atoms with Gasteiger partial charge in [0, 0.05) is 55.5 Å². The van der Waals surface area contributed by atoms with Gasteiger partial charge in [-0.05, 0) is 24.6 Å². The first-order chi connectivity index (χ1) is 10.2. The van der Waals surface area contributed by atoms with Gasteiger partial charge in [0.1, 0.15) is 0 Å². The van der Waals surface area contributed by atoms with Crippen LogP contribution < -0.4 is 10.2 Å². The number of anilines is 1. The Balaban J connectivity index is 0.00000176. The molecule has 0 aromatic heterocycles. The van der Waals surface area contributed by atoms with Crippen LogP contribution in [-0.2, 0) is 11.3 Å². The van der Waals surface area contributed by atoms with Crippen molar-refractivity contribution in [2.24, 2.45) is 0 Å². The van der Waals surface area contributed by atoms with Crippen molar-refractivity contribution < 1.29 is 4.74 Å². The molecule has 0 unspecified atom stereocenters. The van der Waals surface area contributed by atoms with Gasteiger partial charge < -0.3 is 15.0 Å². The Morgan fingerprint density at radius 1 is 1.27 bits per heavy atom. The summed E-state index contributed by atoms with van der Waals surface area (Å²) >= 11 is 3.62. The van der Waals surface area contributed by atoms with E-state index in [1.165, 1.54) is 11.3 Å². The lowest BCUT2D eigenvalue weighted by molar-refractivity contribution is 0.122. The van der Waals surface area contributed by atoms with Gasteiger partial charge in [0.15, 0.2) is 0 Å². The standard InChI is InChI=1S/C16H24BrN3O.ClH/c1-13-11-19(5-4-18-13)12-14-2-3-15(17)10-16(14)20-6-8-21-9-7-20;/h2-3,10,13,18H,4-9,11-12H2,1H3;1H/t13-;/m0./s1. The van der Waals surface area contributed by atoms with E-state index in [1.54, 1.807) is 0 Å². The molecule has 0 bridgehead atoms. The van der Waals surface area contributed by atoms with Crippen LogP contribution in [0, 0.1) is 0 Å². The third kappa shape index (κ3) is 4.59. The lowest BCUT2D eigenvalue weighted by Gasteiger charge is -2.35. The number of halogens is 2. The lowest BCUT2D eigenvalue weighted by Crippen LogP contribution is -2.48. The number of nitrogens with one attached hydrogen (secondary N) is 1. The van der Waals surface area contributed by atoms with Crippen molar-refractivity contribution in [1.29, 1.82) is 0 Å². The molecule has 2 aliphatic heterocycles. The molecule has 1 N–H and O–H groups in total. The Labute approximate surface area is 147 Å². The third-order valence-corrected chi connectivity index (χ3v) is 4.74. The Bertz CT molecular complexity index is 482. The summed E-state index contributed by atoms with van der Waals surface area (Å²) in [5, 5.41) is 3.51. The Morgan fingerprint density at radius 2 is 2.05 bits per heavy atom. The number of ether oxygens (including phenoxy) is 1. The fraction of sp³-hybridized carbons (Fsp3) is 0.625. The number of hydrogen-bond donors (Lipinski definition) is 1. The van der Waals surface area contributed by atoms with Crippen molar-refractivity contribution in [1.82, 2.24) is 10.2 Å². The Morgan fingerprint density at radius 3 is 2.77 bits per heavy atom. The first-order valence-corrected chi connectivity index (χ1v) is 8.58. The molecule has 124 valence electrons. The quantitative estimate of drug-likeness (QED) is 0.858. The summed E-state index contributed by atoms with van der Waals surface area (Å²) in [5.41, 5.74) is 2.79. The summed E-state index contributed by atoms with van der Waals surface area (Å²) in [6.45, 7) is 10.3. The zero-order valence-corrected chi connectivity index (χ0v) is 15.5. The van der Waals surface area contributed by atoms with Gasteiger partial charge in [0.2, 0.25) is 0 Å². The minimum Gasteiger partial charge on any atom is -0.378 e. The van der Waals surface area contributed by atoms with Crippen LogP contribution in [0.5, 0.6) is 0 Å². The second kappa shape index (κ2) is 8.50. The summed E-state index contributed by atoms with van der Waals surface area (Å²) in [5.74, 6) is 0. The predicted octanol–water partition coefficient (Wildman–Crippen LogP) is 2.50. The minimum absolute atomic E-state index is 0. The van der Waals surface area contributed by atoms with Crippen molar-refractivity contribution in [3.05, 3.63) is 28.2 Å². The molecule has 0 saturated carbocycles. The molecule has 2 saturated heterocycles. The first-order valence-electron chi connectivity index (χ1n) is 7.79. The molecule has 2 aliphatic rings. The van der Waals surface area contributed by atoms with Crippen molar-refractivity contribution in [2.45, 2.75) is 19.5 Å². The lowest BCUT2D eigenvalue weighted by atomic mass is 10.1. The average molecular weight is 391 g/mol. The predicted molar refractivity (Wildman–Crippen MR) is 97.2 cm³/mol. The van der Waals surface area contributed by atoms with Gasteiger partial charge in [-0.15, -0.1) is 12.4 Å². The number of hydrogen-bond acceptors (Lipinski definition) is 4. The summed E-state index contributed by atoms with van der Waals surface area (Å²) in [6, 6.07) is 7.26. The number of rotatable bonds is 3. The smallest absolute Gasteiger partial charge is 0.0642 e. The summed E-state index contributed by atoms with van der Waals surface area (Å²) in [6.07, 6.45) is 0. The number of benzene rings is 1. The van der Waals surface area contributed by atoms with Gasteiger partial charge >= 0.3 is 0 Å². The van der Waals surface area contributed by atoms with E-state index < -0.39 is 0 Å². The van der Waals surface area contributed by atoms with E-state index in [4.69, 9.17) is 4.74 Å². The highest BCUT2D eigenvalue weighted by Gasteiger charge is 2.19. The van der Waals surface area contributed by atoms with E-state index in [-0.39, 0.29) is 12.4 Å². The van der Waals surface area contributed by atoms with Crippen LogP contribution in [-0.4, -0.2) is 56.9 Å². The monoisotopic (exact) mass is 389 g/mol. The van der Waals surface area contributed by atoms with E-state index in [0.717, 1.165) is 57.0 Å². The molecule has 2 fully saturated rings. The van der Waals surface area contributed by atoms with E-state index in [2.05, 4.69) is 56.2 Å². The average Bonchev–Trinajstić information content (AvgIpc) is 2.50. The molecule has 0 aliphatic carbocycles. The van der Waals surface area contributed by atoms with Crippen molar-refractivity contribution in [3.63, 3.8) is 0 Å². The van der Waals surface area contributed by atoms with Crippen LogP contribution in [0.1, 0.15) is 12.5 Å². The number of morpholine rings is 1. The van der Waals surface area contributed by atoms with Crippen LogP contribution in [0.2, 0.25) is 0 Å². The molecular formula is C16H25BrClN3O. The number of nitrogens with zero attached hydrogens (tertiary/aromatic N) is 2. The fourth-order valence-corrected chi connectivity index (χ4v) is 3.52. The largest absolute Gasteiger partial charge is 0.378 e. The highest BCUT2D eigenvalue weighted by molar-refractivity contribution is 9.10. The molecule has 1 aromatic carbocycles. The maximum atomic E-state index is 5.48. The second-order valence-electron chi connectivity index (χ2n) is 5.96. The van der Waals surface area contributed by atoms with Crippen molar-refractivity contribution in [3.8, 4) is 0 Å². The topological polar surface area (TPSA) is 27.7 Å². The molecule has 0 amide bonds. The molecule has 4 nitrogen and oxygen atoms in total. The second-order valence-corrected chi connectivity index (χ2v) is 6.88. The van der Waals surface area contributed by atoms with E-state index in [0.29, 0.717) is 6.04 Å². The summed E-state index contributed by atoms with van der Waals surface area (Å²) in [7, 11) is 0. The zero-order valence-electron chi connectivity index (χ0n) is 13.1. The van der Waals surface area contributed by atoms with E-state index in [9.17, 15) is 0 Å². The molecule has 22 heavy (non-hydrogen) atoms. The molecule has 3 rings (SSSR count). The highest BCUT2D eigenvalue weighted by Crippen LogP contribution is 2.27. The maximum absolute atomic E-state index is 5.48. The van der Waals surface area contributed by atoms with Gasteiger partial charge in [-0.2, -0.15) is 0 Å². The molecule has 0 spiro atoms. The maximum Gasteiger partial charge on any atom is 0.0642 e. The number of piperazine rings is 1. The summed E-state index contributed by atoms with van der Waals surface area (Å²) < 4.78 is 6.64. The van der Waals surface area contributed by atoms with Gasteiger partial charge in [0.25, 0.3) is 0 Å². The zero-order chi connectivity index (χ0) is 14.7. The van der Waals surface area contributed by atoms with Gasteiger partial charge in [0.05, 0.1) is 13.2 Å². The molecular weight excluding hydrogens is 366 g/mol. The molecule has 1 aromatic rings. The van der Waals surface area contributed by atoms with Crippen molar-refractivity contribution >= 4 is 34.0 Å².